The average molecular weight is 294 g/mol. The fraction of sp³-hybridized carbons (Fsp3) is 0.143. The van der Waals surface area contributed by atoms with Crippen molar-refractivity contribution in [3.63, 3.8) is 0 Å². The highest BCUT2D eigenvalue weighted by Crippen LogP contribution is 2.30. The minimum Gasteiger partial charge on any atom is -0.341 e. The lowest BCUT2D eigenvalue weighted by molar-refractivity contribution is 0.510. The summed E-state index contributed by atoms with van der Waals surface area (Å²) in [6, 6.07) is 5.85. The second-order valence-corrected chi connectivity index (χ2v) is 4.75. The summed E-state index contributed by atoms with van der Waals surface area (Å²) < 4.78 is 28.6. The molecule has 0 atom stereocenters. The molecule has 0 aliphatic rings. The number of benzene rings is 1. The summed E-state index contributed by atoms with van der Waals surface area (Å²) in [6.45, 7) is 2.55. The van der Waals surface area contributed by atoms with Crippen LogP contribution in [0.1, 0.15) is 6.92 Å². The van der Waals surface area contributed by atoms with Crippen molar-refractivity contribution in [3.05, 3.63) is 47.2 Å². The number of rotatable bonds is 2. The molecule has 0 fully saturated rings. The average Bonchev–Trinajstić information content (AvgIpc) is 2.77. The molecule has 0 saturated heterocycles. The molecule has 20 heavy (non-hydrogen) atoms. The third kappa shape index (κ3) is 2.04. The zero-order valence-electron chi connectivity index (χ0n) is 10.6. The zero-order valence-corrected chi connectivity index (χ0v) is 11.3. The fourth-order valence-corrected chi connectivity index (χ4v) is 2.48. The van der Waals surface area contributed by atoms with Crippen LogP contribution in [0.3, 0.4) is 0 Å². The molecule has 0 aliphatic heterocycles. The van der Waals surface area contributed by atoms with Gasteiger partial charge in [0.1, 0.15) is 0 Å². The molecule has 0 radical (unpaired) electrons. The molecule has 102 valence electrons. The molecule has 3 rings (SSSR count). The summed E-state index contributed by atoms with van der Waals surface area (Å²) in [5.41, 5.74) is 2.18. The Labute approximate surface area is 118 Å². The van der Waals surface area contributed by atoms with Crippen molar-refractivity contribution >= 4 is 22.5 Å². The third-order valence-electron chi connectivity index (χ3n) is 3.18. The predicted octanol–water partition coefficient (Wildman–Crippen LogP) is 4.05. The van der Waals surface area contributed by atoms with Gasteiger partial charge in [-0.3, -0.25) is 0 Å². The van der Waals surface area contributed by atoms with E-state index in [1.807, 2.05) is 11.5 Å². The Hall–Kier alpha value is -2.01. The Kier molecular flexibility index (Phi) is 3.14. The van der Waals surface area contributed by atoms with Crippen LogP contribution in [0.4, 0.5) is 8.78 Å². The molecule has 3 nitrogen and oxygen atoms in total. The Bertz CT molecular complexity index is 798. The number of hydrogen-bond donors (Lipinski definition) is 0. The van der Waals surface area contributed by atoms with Crippen LogP contribution in [-0.4, -0.2) is 14.8 Å². The highest BCUT2D eigenvalue weighted by molar-refractivity contribution is 6.29. The maximum atomic E-state index is 13.4. The summed E-state index contributed by atoms with van der Waals surface area (Å²) >= 11 is 5.84. The number of hydrogen-bond acceptors (Lipinski definition) is 2. The summed E-state index contributed by atoms with van der Waals surface area (Å²) in [4.78, 5) is 0. The quantitative estimate of drug-likeness (QED) is 0.713. The van der Waals surface area contributed by atoms with Crippen LogP contribution >= 0.6 is 11.6 Å². The van der Waals surface area contributed by atoms with Crippen molar-refractivity contribution in [3.8, 4) is 11.3 Å². The van der Waals surface area contributed by atoms with Crippen LogP contribution in [-0.2, 0) is 6.54 Å². The van der Waals surface area contributed by atoms with E-state index in [0.717, 1.165) is 11.3 Å². The highest BCUT2D eigenvalue weighted by atomic mass is 35.5. The van der Waals surface area contributed by atoms with Crippen LogP contribution in [0, 0.1) is 11.6 Å². The topological polar surface area (TPSA) is 30.7 Å². The monoisotopic (exact) mass is 293 g/mol. The zero-order chi connectivity index (χ0) is 14.3. The molecular formula is C14H10ClF2N3. The molecule has 0 aliphatic carbocycles. The normalized spacial score (nSPS) is 11.2. The van der Waals surface area contributed by atoms with Crippen LogP contribution in [0.5, 0.6) is 0 Å². The summed E-state index contributed by atoms with van der Waals surface area (Å²) in [6.07, 6.45) is 1.57. The van der Waals surface area contributed by atoms with Crippen molar-refractivity contribution in [2.75, 3.05) is 0 Å². The second-order valence-electron chi connectivity index (χ2n) is 4.37. The summed E-state index contributed by atoms with van der Waals surface area (Å²) in [7, 11) is 0. The Balaban J connectivity index is 2.31. The first kappa shape index (κ1) is 13.0. The van der Waals surface area contributed by atoms with Crippen LogP contribution < -0.4 is 0 Å². The summed E-state index contributed by atoms with van der Waals surface area (Å²) in [5, 5.41) is 8.39. The van der Waals surface area contributed by atoms with Gasteiger partial charge in [-0.15, -0.1) is 5.10 Å². The maximum Gasteiger partial charge on any atom is 0.160 e. The van der Waals surface area contributed by atoms with Gasteiger partial charge >= 0.3 is 0 Å². The first-order chi connectivity index (χ1) is 9.60. The van der Waals surface area contributed by atoms with Gasteiger partial charge in [-0.2, -0.15) is 5.10 Å². The number of aryl methyl sites for hydroxylation is 1. The van der Waals surface area contributed by atoms with Gasteiger partial charge in [0.15, 0.2) is 16.8 Å². The molecule has 2 aromatic heterocycles. The van der Waals surface area contributed by atoms with E-state index < -0.39 is 11.6 Å². The van der Waals surface area contributed by atoms with Gasteiger partial charge in [0, 0.05) is 23.6 Å². The van der Waals surface area contributed by atoms with E-state index >= 15 is 0 Å². The molecule has 2 heterocycles. The fourth-order valence-electron chi connectivity index (χ4n) is 2.32. The maximum absolute atomic E-state index is 13.4. The van der Waals surface area contributed by atoms with E-state index in [2.05, 4.69) is 10.2 Å². The van der Waals surface area contributed by atoms with Crippen molar-refractivity contribution < 1.29 is 8.78 Å². The highest BCUT2D eigenvalue weighted by Gasteiger charge is 2.13. The molecule has 0 bridgehead atoms. The van der Waals surface area contributed by atoms with Gasteiger partial charge in [0.2, 0.25) is 0 Å². The van der Waals surface area contributed by atoms with Crippen LogP contribution in [0.2, 0.25) is 5.15 Å². The number of halogens is 3. The molecule has 0 spiro atoms. The van der Waals surface area contributed by atoms with E-state index in [0.29, 0.717) is 17.4 Å². The van der Waals surface area contributed by atoms with E-state index in [1.54, 1.807) is 18.3 Å². The Morgan fingerprint density at radius 3 is 2.60 bits per heavy atom. The smallest absolute Gasteiger partial charge is 0.160 e. The van der Waals surface area contributed by atoms with Gasteiger partial charge < -0.3 is 4.57 Å². The molecule has 0 N–H and O–H groups in total. The predicted molar refractivity (Wildman–Crippen MR) is 73.6 cm³/mol. The van der Waals surface area contributed by atoms with Crippen molar-refractivity contribution in [1.29, 1.82) is 0 Å². The van der Waals surface area contributed by atoms with Gasteiger partial charge in [-0.1, -0.05) is 11.6 Å². The van der Waals surface area contributed by atoms with Gasteiger partial charge in [0.25, 0.3) is 0 Å². The van der Waals surface area contributed by atoms with E-state index in [-0.39, 0.29) is 5.15 Å². The molecule has 1 aromatic carbocycles. The molecule has 0 amide bonds. The largest absolute Gasteiger partial charge is 0.341 e. The summed E-state index contributed by atoms with van der Waals surface area (Å²) in [5.74, 6) is -1.72. The van der Waals surface area contributed by atoms with Crippen LogP contribution in [0.15, 0.2) is 30.5 Å². The minimum absolute atomic E-state index is 0.271. The first-order valence-corrected chi connectivity index (χ1v) is 6.45. The minimum atomic E-state index is -0.859. The molecule has 6 heteroatoms. The van der Waals surface area contributed by atoms with E-state index in [4.69, 9.17) is 11.6 Å². The Morgan fingerprint density at radius 2 is 1.90 bits per heavy atom. The van der Waals surface area contributed by atoms with Gasteiger partial charge in [-0.05, 0) is 25.1 Å². The Morgan fingerprint density at radius 1 is 1.15 bits per heavy atom. The lowest BCUT2D eigenvalue weighted by atomic mass is 10.2. The molecule has 0 saturated carbocycles. The second kappa shape index (κ2) is 4.83. The lowest BCUT2D eigenvalue weighted by Crippen LogP contribution is -1.98. The van der Waals surface area contributed by atoms with E-state index in [9.17, 15) is 8.78 Å². The molecule has 0 unspecified atom stereocenters. The van der Waals surface area contributed by atoms with Gasteiger partial charge in [0.05, 0.1) is 17.4 Å². The molecular weight excluding hydrogens is 284 g/mol. The van der Waals surface area contributed by atoms with Crippen molar-refractivity contribution in [2.45, 2.75) is 13.5 Å². The number of aromatic nitrogens is 3. The van der Waals surface area contributed by atoms with Gasteiger partial charge in [-0.25, -0.2) is 8.78 Å². The SMILES string of the molecule is CCn1c(-c2cnnc(Cl)c2)cc2cc(F)c(F)cc21. The van der Waals surface area contributed by atoms with Crippen LogP contribution in [0.25, 0.3) is 22.2 Å². The molecule has 3 aromatic rings. The van der Waals surface area contributed by atoms with Crippen molar-refractivity contribution in [2.24, 2.45) is 0 Å². The van der Waals surface area contributed by atoms with E-state index in [1.165, 1.54) is 12.1 Å². The number of nitrogens with zero attached hydrogens (tertiary/aromatic N) is 3. The standard InChI is InChI=1S/C14H10ClF2N3/c1-2-20-12(9-5-14(15)19-18-7-9)4-8-3-10(16)11(17)6-13(8)20/h3-7H,2H2,1H3. The third-order valence-corrected chi connectivity index (χ3v) is 3.36. The number of fused-ring (bicyclic) bond motifs is 1. The first-order valence-electron chi connectivity index (χ1n) is 6.07. The lowest BCUT2D eigenvalue weighted by Gasteiger charge is -2.07. The van der Waals surface area contributed by atoms with Crippen molar-refractivity contribution in [1.82, 2.24) is 14.8 Å².